The van der Waals surface area contributed by atoms with E-state index in [0.29, 0.717) is 6.42 Å². The smallest absolute Gasteiger partial charge is 0.302 e. The summed E-state index contributed by atoms with van der Waals surface area (Å²) in [6.45, 7) is 1.97. The topological polar surface area (TPSA) is 61.4 Å². The van der Waals surface area contributed by atoms with Crippen molar-refractivity contribution in [2.75, 3.05) is 13.6 Å². The van der Waals surface area contributed by atoms with E-state index in [9.17, 15) is 10.2 Å². The summed E-state index contributed by atoms with van der Waals surface area (Å²) in [5, 5.41) is 24.8. The Hall–Kier alpha value is -2.50. The molecule has 2 bridgehead atoms. The SMILES string of the molecule is CN1CCC23c4c5ccc(O)c4[OH+]C2c2c(c4cccc6c4n2CCC6)CC3(O)[C@H]1C5. The van der Waals surface area contributed by atoms with Gasteiger partial charge >= 0.3 is 5.75 Å². The van der Waals surface area contributed by atoms with Crippen LogP contribution in [-0.4, -0.2) is 49.7 Å². The summed E-state index contributed by atoms with van der Waals surface area (Å²) < 4.78 is 7.78. The lowest BCUT2D eigenvalue weighted by atomic mass is 9.49. The van der Waals surface area contributed by atoms with Gasteiger partial charge in [0.15, 0.2) is 0 Å². The van der Waals surface area contributed by atoms with Crippen LogP contribution in [-0.2, 0) is 31.2 Å². The van der Waals surface area contributed by atoms with Crippen molar-refractivity contribution in [3.05, 3.63) is 58.3 Å². The van der Waals surface area contributed by atoms with E-state index in [4.69, 9.17) is 4.74 Å². The Morgan fingerprint density at radius 1 is 1.13 bits per heavy atom. The Labute approximate surface area is 180 Å². The standard InChI is InChI=1S/C26H26N2O3/c1-27-11-9-25-20-15-7-8-18(29)23(20)31-24(25)22-17(13-26(25,30)19(27)12-15)16-6-2-4-14-5-3-10-28(22)21(14)16/h2,4,6-8,19,24,29-30H,3,5,9-13H2,1H3/p+1/t19-,24?,25?,26?/m1/s1. The van der Waals surface area contributed by atoms with Crippen molar-refractivity contribution in [3.63, 3.8) is 0 Å². The molecular weight excluding hydrogens is 388 g/mol. The van der Waals surface area contributed by atoms with E-state index >= 15 is 0 Å². The number of likely N-dealkylation sites (tertiary alicyclic amines) is 1. The quantitative estimate of drug-likeness (QED) is 0.438. The fourth-order valence-corrected chi connectivity index (χ4v) is 8.21. The molecule has 0 amide bonds. The largest absolute Gasteiger partial charge is 0.573 e. The van der Waals surface area contributed by atoms with Gasteiger partial charge in [-0.1, -0.05) is 24.3 Å². The van der Waals surface area contributed by atoms with Gasteiger partial charge in [0.05, 0.1) is 11.1 Å². The van der Waals surface area contributed by atoms with Gasteiger partial charge in [-0.25, -0.2) is 0 Å². The number of para-hydroxylation sites is 1. The van der Waals surface area contributed by atoms with Crippen molar-refractivity contribution in [1.29, 1.82) is 0 Å². The number of likely N-dealkylation sites (N-methyl/N-ethyl adjacent to an activating group) is 1. The number of rotatable bonds is 0. The van der Waals surface area contributed by atoms with Crippen LogP contribution in [0.2, 0.25) is 0 Å². The van der Waals surface area contributed by atoms with Crippen LogP contribution >= 0.6 is 0 Å². The molecule has 4 heterocycles. The summed E-state index contributed by atoms with van der Waals surface area (Å²) >= 11 is 0. The number of hydrogen-bond donors (Lipinski definition) is 2. The molecule has 3 unspecified atom stereocenters. The molecule has 158 valence electrons. The van der Waals surface area contributed by atoms with E-state index in [-0.39, 0.29) is 17.9 Å². The minimum atomic E-state index is -0.879. The lowest BCUT2D eigenvalue weighted by Crippen LogP contribution is -2.73. The van der Waals surface area contributed by atoms with Gasteiger partial charge in [-0.3, -0.25) is 0 Å². The highest BCUT2D eigenvalue weighted by Gasteiger charge is 2.75. The maximum Gasteiger partial charge on any atom is 0.302 e. The highest BCUT2D eigenvalue weighted by atomic mass is 16.5. The average molecular weight is 416 g/mol. The van der Waals surface area contributed by atoms with Crippen LogP contribution in [0.15, 0.2) is 30.3 Å². The van der Waals surface area contributed by atoms with Crippen LogP contribution in [0.3, 0.4) is 0 Å². The Morgan fingerprint density at radius 3 is 2.94 bits per heavy atom. The predicted molar refractivity (Wildman–Crippen MR) is 118 cm³/mol. The minimum Gasteiger partial charge on any atom is -0.573 e. The van der Waals surface area contributed by atoms with E-state index in [1.165, 1.54) is 33.3 Å². The summed E-state index contributed by atoms with van der Waals surface area (Å²) in [4.78, 5) is 2.36. The molecule has 0 radical (unpaired) electrons. The Morgan fingerprint density at radius 2 is 2.03 bits per heavy atom. The third-order valence-electron chi connectivity index (χ3n) is 9.39. The first-order valence-electron chi connectivity index (χ1n) is 11.7. The summed E-state index contributed by atoms with van der Waals surface area (Å²) in [5.74, 6) is 1.00. The zero-order valence-corrected chi connectivity index (χ0v) is 17.7. The second-order valence-corrected chi connectivity index (χ2v) is 10.5. The second-order valence-electron chi connectivity index (χ2n) is 10.5. The molecule has 5 nitrogen and oxygen atoms in total. The summed E-state index contributed by atoms with van der Waals surface area (Å²) in [6, 6.07) is 10.6. The van der Waals surface area contributed by atoms with E-state index in [1.807, 2.05) is 6.07 Å². The number of piperidine rings is 1. The first-order chi connectivity index (χ1) is 15.0. The molecule has 1 spiro atoms. The second kappa shape index (κ2) is 5.11. The molecule has 1 aromatic heterocycles. The van der Waals surface area contributed by atoms with Crippen LogP contribution < -0.4 is 0 Å². The zero-order valence-electron chi connectivity index (χ0n) is 17.7. The molecule has 0 saturated carbocycles. The van der Waals surface area contributed by atoms with Crippen LogP contribution in [0.5, 0.6) is 11.5 Å². The number of fused-ring (bicyclic) bond motifs is 4. The normalized spacial score (nSPS) is 34.4. The number of phenols is 1. The third-order valence-corrected chi connectivity index (χ3v) is 9.39. The number of aromatic nitrogens is 1. The number of aliphatic hydroxyl groups is 2. The Balaban J connectivity index is 1.53. The van der Waals surface area contributed by atoms with E-state index in [2.05, 4.69) is 40.8 Å². The van der Waals surface area contributed by atoms with Gasteiger partial charge in [0.25, 0.3) is 0 Å². The Kier molecular flexibility index (Phi) is 2.82. The summed E-state index contributed by atoms with van der Waals surface area (Å²) in [5.41, 5.74) is 6.46. The lowest BCUT2D eigenvalue weighted by molar-refractivity contribution is -0.195. The Bertz CT molecular complexity index is 1330. The van der Waals surface area contributed by atoms with Crippen LogP contribution in [0.4, 0.5) is 0 Å². The van der Waals surface area contributed by atoms with Gasteiger partial charge < -0.3 is 24.4 Å². The molecule has 2 aliphatic carbocycles. The monoisotopic (exact) mass is 415 g/mol. The number of aromatic hydroxyl groups is 2. The summed E-state index contributed by atoms with van der Waals surface area (Å²) in [6.07, 6.45) is 4.50. The first-order valence-corrected chi connectivity index (χ1v) is 11.7. The van der Waals surface area contributed by atoms with Crippen molar-refractivity contribution < 1.29 is 14.9 Å². The molecule has 1 saturated heterocycles. The molecule has 2 aromatic carbocycles. The van der Waals surface area contributed by atoms with Crippen molar-refractivity contribution in [2.24, 2.45) is 0 Å². The molecule has 5 aliphatic rings. The molecule has 3 aliphatic heterocycles. The molecule has 1 fully saturated rings. The first kappa shape index (κ1) is 17.1. The predicted octanol–water partition coefficient (Wildman–Crippen LogP) is 3.07. The fourth-order valence-electron chi connectivity index (χ4n) is 8.21. The van der Waals surface area contributed by atoms with Crippen LogP contribution in [0.1, 0.15) is 46.9 Å². The van der Waals surface area contributed by atoms with Gasteiger partial charge in [-0.05, 0) is 62.0 Å². The number of aryl methyl sites for hydroxylation is 2. The maximum absolute atomic E-state index is 12.7. The van der Waals surface area contributed by atoms with Gasteiger partial charge in [-0.15, -0.1) is 0 Å². The maximum atomic E-state index is 12.7. The molecule has 8 rings (SSSR count). The van der Waals surface area contributed by atoms with Gasteiger partial charge in [0.1, 0.15) is 16.7 Å². The van der Waals surface area contributed by atoms with E-state index in [0.717, 1.165) is 50.1 Å². The number of hydrogen-bond acceptors (Lipinski definition) is 3. The van der Waals surface area contributed by atoms with Crippen molar-refractivity contribution >= 4 is 10.9 Å². The highest BCUT2D eigenvalue weighted by Crippen LogP contribution is 2.69. The number of nitrogens with zero attached hydrogens (tertiary/aromatic N) is 2. The number of ether oxygens (including phenoxy) is 1. The molecule has 31 heavy (non-hydrogen) atoms. The van der Waals surface area contributed by atoms with Gasteiger partial charge in [0, 0.05) is 24.4 Å². The summed E-state index contributed by atoms with van der Waals surface area (Å²) in [7, 11) is 2.16. The number of phenolic OH excluding ortho intramolecular Hbond substituents is 1. The third kappa shape index (κ3) is 1.64. The van der Waals surface area contributed by atoms with Crippen molar-refractivity contribution in [3.8, 4) is 11.5 Å². The van der Waals surface area contributed by atoms with Gasteiger partial charge in [0.2, 0.25) is 11.9 Å². The number of benzene rings is 2. The molecular formula is C26H27N2O3+. The molecule has 3 N–H and O–H groups in total. The van der Waals surface area contributed by atoms with Crippen LogP contribution in [0, 0.1) is 0 Å². The van der Waals surface area contributed by atoms with Crippen molar-refractivity contribution in [1.82, 2.24) is 9.47 Å². The van der Waals surface area contributed by atoms with Gasteiger partial charge in [-0.2, -0.15) is 0 Å². The minimum absolute atomic E-state index is 0.0711. The molecule has 3 aromatic rings. The molecule has 5 heteroatoms. The van der Waals surface area contributed by atoms with Crippen LogP contribution in [0.25, 0.3) is 10.9 Å². The fraction of sp³-hybridized carbons (Fsp3) is 0.462. The molecule has 4 atom stereocenters. The zero-order chi connectivity index (χ0) is 20.7. The van der Waals surface area contributed by atoms with Crippen molar-refractivity contribution in [2.45, 2.75) is 61.8 Å². The van der Waals surface area contributed by atoms with E-state index in [1.54, 1.807) is 0 Å². The lowest BCUT2D eigenvalue weighted by Gasteiger charge is -2.60. The van der Waals surface area contributed by atoms with E-state index < -0.39 is 11.0 Å². The average Bonchev–Trinajstić information content (AvgIpc) is 3.27. The highest BCUT2D eigenvalue weighted by molar-refractivity contribution is 5.90.